The van der Waals surface area contributed by atoms with E-state index in [4.69, 9.17) is 5.26 Å². The molecular formula is C9H13N2O. The smallest absolute Gasteiger partial charge is 0.309 e. The third kappa shape index (κ3) is 2.54. The van der Waals surface area contributed by atoms with Crippen LogP contribution in [0.2, 0.25) is 0 Å². The van der Waals surface area contributed by atoms with Crippen LogP contribution in [0.3, 0.4) is 0 Å². The van der Waals surface area contributed by atoms with Gasteiger partial charge < -0.3 is 5.32 Å². The summed E-state index contributed by atoms with van der Waals surface area (Å²) in [5.41, 5.74) is 0. The molecule has 0 aromatic carbocycles. The van der Waals surface area contributed by atoms with Crippen molar-refractivity contribution >= 4 is 6.41 Å². The Labute approximate surface area is 72.8 Å². The summed E-state index contributed by atoms with van der Waals surface area (Å²) < 4.78 is 0. The van der Waals surface area contributed by atoms with Gasteiger partial charge in [-0.2, -0.15) is 5.26 Å². The third-order valence-electron chi connectivity index (χ3n) is 2.49. The molecule has 1 N–H and O–H groups in total. The Kier molecular flexibility index (Phi) is 3.59. The van der Waals surface area contributed by atoms with Gasteiger partial charge in [0.25, 0.3) is 0 Å². The first-order chi connectivity index (χ1) is 5.86. The van der Waals surface area contributed by atoms with Crippen LogP contribution >= 0.6 is 0 Å². The zero-order valence-corrected chi connectivity index (χ0v) is 7.05. The van der Waals surface area contributed by atoms with Gasteiger partial charge in [-0.25, -0.2) is 0 Å². The summed E-state index contributed by atoms with van der Waals surface area (Å²) in [6.45, 7) is 0.724. The molecule has 0 atom stereocenters. The fraction of sp³-hybridized carbons (Fsp3) is 0.778. The van der Waals surface area contributed by atoms with E-state index in [2.05, 4.69) is 11.4 Å². The highest BCUT2D eigenvalue weighted by molar-refractivity contribution is 5.46. The summed E-state index contributed by atoms with van der Waals surface area (Å²) in [7, 11) is 0. The Hall–Kier alpha value is -1.04. The molecule has 12 heavy (non-hydrogen) atoms. The molecule has 0 aromatic rings. The second-order valence-electron chi connectivity index (χ2n) is 3.33. The number of hydrogen-bond donors (Lipinski definition) is 1. The molecule has 3 nitrogen and oxygen atoms in total. The number of nitriles is 1. The zero-order valence-electron chi connectivity index (χ0n) is 7.05. The SMILES string of the molecule is N#CC1CCC(CN[C]=O)CC1. The van der Waals surface area contributed by atoms with Crippen molar-refractivity contribution in [2.24, 2.45) is 11.8 Å². The van der Waals surface area contributed by atoms with Crippen molar-refractivity contribution in [3.8, 4) is 6.07 Å². The number of carbonyl (C=O) groups excluding carboxylic acids is 1. The fourth-order valence-electron chi connectivity index (χ4n) is 1.68. The van der Waals surface area contributed by atoms with E-state index in [1.54, 1.807) is 6.41 Å². The van der Waals surface area contributed by atoms with Crippen molar-refractivity contribution in [1.82, 2.24) is 5.32 Å². The topological polar surface area (TPSA) is 52.9 Å². The summed E-state index contributed by atoms with van der Waals surface area (Å²) in [6, 6.07) is 2.28. The molecule has 0 bridgehead atoms. The van der Waals surface area contributed by atoms with Crippen molar-refractivity contribution in [1.29, 1.82) is 5.26 Å². The molecule has 0 saturated heterocycles. The van der Waals surface area contributed by atoms with Gasteiger partial charge in [0.2, 0.25) is 0 Å². The monoisotopic (exact) mass is 165 g/mol. The van der Waals surface area contributed by atoms with Crippen LogP contribution < -0.4 is 5.32 Å². The Morgan fingerprint density at radius 2 is 2.00 bits per heavy atom. The van der Waals surface area contributed by atoms with Gasteiger partial charge in [-0.3, -0.25) is 4.79 Å². The van der Waals surface area contributed by atoms with Crippen molar-refractivity contribution in [3.05, 3.63) is 0 Å². The molecule has 0 heterocycles. The molecule has 1 aliphatic rings. The Morgan fingerprint density at radius 3 is 2.50 bits per heavy atom. The molecule has 1 rings (SSSR count). The highest BCUT2D eigenvalue weighted by Gasteiger charge is 2.20. The van der Waals surface area contributed by atoms with Gasteiger partial charge in [0, 0.05) is 12.5 Å². The van der Waals surface area contributed by atoms with Crippen molar-refractivity contribution < 1.29 is 4.79 Å². The molecule has 1 radical (unpaired) electrons. The lowest BCUT2D eigenvalue weighted by atomic mass is 9.83. The standard InChI is InChI=1S/C9H13N2O/c10-5-8-1-3-9(4-2-8)6-11-7-12/h8-9H,1-4,6H2,(H,11,12). The van der Waals surface area contributed by atoms with E-state index in [0.29, 0.717) is 5.92 Å². The molecule has 0 aliphatic heterocycles. The van der Waals surface area contributed by atoms with E-state index in [1.165, 1.54) is 0 Å². The molecule has 0 unspecified atom stereocenters. The van der Waals surface area contributed by atoms with E-state index in [9.17, 15) is 4.79 Å². The Morgan fingerprint density at radius 1 is 1.33 bits per heavy atom. The lowest BCUT2D eigenvalue weighted by molar-refractivity contribution is 0.313. The number of amides is 1. The molecule has 1 saturated carbocycles. The zero-order chi connectivity index (χ0) is 8.81. The van der Waals surface area contributed by atoms with Crippen molar-refractivity contribution in [2.45, 2.75) is 25.7 Å². The second-order valence-corrected chi connectivity index (χ2v) is 3.33. The average molecular weight is 165 g/mol. The molecule has 65 valence electrons. The quantitative estimate of drug-likeness (QED) is 0.633. The Balaban J connectivity index is 2.18. The van der Waals surface area contributed by atoms with Crippen LogP contribution in [0.1, 0.15) is 25.7 Å². The van der Waals surface area contributed by atoms with E-state index < -0.39 is 0 Å². The third-order valence-corrected chi connectivity index (χ3v) is 2.49. The molecule has 3 heteroatoms. The maximum Gasteiger partial charge on any atom is 0.309 e. The van der Waals surface area contributed by atoms with Crippen molar-refractivity contribution in [2.75, 3.05) is 6.54 Å². The van der Waals surface area contributed by atoms with Gasteiger partial charge in [-0.15, -0.1) is 0 Å². The molecule has 0 spiro atoms. The summed E-state index contributed by atoms with van der Waals surface area (Å²) >= 11 is 0. The summed E-state index contributed by atoms with van der Waals surface area (Å²) in [4.78, 5) is 9.88. The van der Waals surface area contributed by atoms with E-state index in [0.717, 1.165) is 32.2 Å². The highest BCUT2D eigenvalue weighted by atomic mass is 16.1. The van der Waals surface area contributed by atoms with Gasteiger partial charge in [-0.05, 0) is 31.6 Å². The first kappa shape index (κ1) is 9.05. The largest absolute Gasteiger partial charge is 0.348 e. The minimum absolute atomic E-state index is 0.251. The van der Waals surface area contributed by atoms with Gasteiger partial charge in [0.15, 0.2) is 0 Å². The van der Waals surface area contributed by atoms with Crippen LogP contribution in [0.25, 0.3) is 0 Å². The lowest BCUT2D eigenvalue weighted by Crippen LogP contribution is -2.25. The predicted molar refractivity (Wildman–Crippen MR) is 44.8 cm³/mol. The van der Waals surface area contributed by atoms with Crippen LogP contribution in [0.4, 0.5) is 0 Å². The van der Waals surface area contributed by atoms with Gasteiger partial charge in [0.05, 0.1) is 6.07 Å². The summed E-state index contributed by atoms with van der Waals surface area (Å²) in [5.74, 6) is 0.817. The minimum atomic E-state index is 0.251. The predicted octanol–water partition coefficient (Wildman–Crippen LogP) is 0.973. The number of nitrogens with zero attached hydrogens (tertiary/aromatic N) is 1. The second kappa shape index (κ2) is 4.76. The average Bonchev–Trinajstić information content (AvgIpc) is 2.15. The fourth-order valence-corrected chi connectivity index (χ4v) is 1.68. The minimum Gasteiger partial charge on any atom is -0.348 e. The van der Waals surface area contributed by atoms with E-state index >= 15 is 0 Å². The number of rotatable bonds is 3. The van der Waals surface area contributed by atoms with Crippen LogP contribution in [-0.2, 0) is 4.79 Å². The molecular weight excluding hydrogens is 152 g/mol. The molecule has 1 aliphatic carbocycles. The van der Waals surface area contributed by atoms with Crippen LogP contribution in [0.5, 0.6) is 0 Å². The summed E-state index contributed by atoms with van der Waals surface area (Å²) in [5, 5.41) is 11.2. The van der Waals surface area contributed by atoms with Crippen LogP contribution in [-0.4, -0.2) is 13.0 Å². The van der Waals surface area contributed by atoms with Gasteiger partial charge in [0.1, 0.15) is 0 Å². The molecule has 0 aromatic heterocycles. The number of hydrogen-bond acceptors (Lipinski definition) is 2. The van der Waals surface area contributed by atoms with Crippen LogP contribution in [0, 0.1) is 23.2 Å². The first-order valence-corrected chi connectivity index (χ1v) is 4.36. The van der Waals surface area contributed by atoms with Gasteiger partial charge >= 0.3 is 6.41 Å². The maximum atomic E-state index is 9.88. The highest BCUT2D eigenvalue weighted by Crippen LogP contribution is 2.27. The normalized spacial score (nSPS) is 28.9. The first-order valence-electron chi connectivity index (χ1n) is 4.36. The number of nitrogens with one attached hydrogen (secondary N) is 1. The lowest BCUT2D eigenvalue weighted by Gasteiger charge is -2.23. The van der Waals surface area contributed by atoms with Gasteiger partial charge in [-0.1, -0.05) is 0 Å². The molecule has 1 fully saturated rings. The van der Waals surface area contributed by atoms with Crippen LogP contribution in [0.15, 0.2) is 0 Å². The summed E-state index contributed by atoms with van der Waals surface area (Å²) in [6.07, 6.45) is 5.78. The maximum absolute atomic E-state index is 9.88. The van der Waals surface area contributed by atoms with Crippen molar-refractivity contribution in [3.63, 3.8) is 0 Å². The molecule has 1 amide bonds. The van der Waals surface area contributed by atoms with E-state index in [1.807, 2.05) is 0 Å². The van der Waals surface area contributed by atoms with E-state index in [-0.39, 0.29) is 5.92 Å². The Bertz CT molecular complexity index is 177.